The van der Waals surface area contributed by atoms with Crippen LogP contribution < -0.4 is 9.47 Å². The Labute approximate surface area is 369 Å². The largest absolute Gasteiger partial charge is 0.488 e. The first-order valence-electron chi connectivity index (χ1n) is 20.8. The van der Waals surface area contributed by atoms with Crippen LogP contribution in [0.2, 0.25) is 10.0 Å². The SMILES string of the molecule is OC[C@@H]1OC(OC[C@@H]2O[C@H](c3ccc(Cl)c(Cc4ccc(O[C@H]5CCOC5)cc4)c3)[C@@H](O)[C@H](O)[C@H]2O)(c2ccc(Cl)c(Cc3ccc(O[C@H]4CCOC4)cc3)c2)[C@@H](O)[C@H](O)[C@H]1O. The lowest BCUT2D eigenvalue weighted by atomic mass is 9.86. The Morgan fingerprint density at radius 3 is 1.71 bits per heavy atom. The molecule has 62 heavy (non-hydrogen) atoms. The van der Waals surface area contributed by atoms with E-state index in [-0.39, 0.29) is 17.8 Å². The fourth-order valence-electron chi connectivity index (χ4n) is 8.39. The van der Waals surface area contributed by atoms with Crippen LogP contribution in [-0.4, -0.2) is 136 Å². The van der Waals surface area contributed by atoms with E-state index in [1.807, 2.05) is 48.5 Å². The standard InChI is InChI=1S/C46H52Cl2O14/c47-35-11-5-27(19-28(35)17-25-1-7-31(8-2-25)59-33-13-15-56-22-33)44-42(53)41(52)40(51)38(61-44)24-58-46(45(55)43(54)39(50)37(21-49)62-46)30-6-12-36(48)29(20-30)18-26-3-9-32(10-4-26)60-34-14-16-57-23-34/h1-12,19-20,33-34,37-45,49-55H,13-18,21-24H2/t33-,34-,37-,38-,39-,40-,41+,42-,43+,44+,45-,46?/m0/s1. The number of aliphatic hydroxyl groups is 7. The van der Waals surface area contributed by atoms with E-state index in [0.717, 1.165) is 29.7 Å². The number of ether oxygens (including phenoxy) is 7. The molecule has 7 N–H and O–H groups in total. The van der Waals surface area contributed by atoms with Crippen LogP contribution in [0.5, 0.6) is 11.5 Å². The van der Waals surface area contributed by atoms with E-state index in [0.29, 0.717) is 71.8 Å². The third kappa shape index (κ3) is 9.80. The number of rotatable bonds is 14. The predicted molar refractivity (Wildman–Crippen MR) is 224 cm³/mol. The molecule has 12 atom stereocenters. The smallest absolute Gasteiger partial charge is 0.225 e. The predicted octanol–water partition coefficient (Wildman–Crippen LogP) is 3.38. The molecular formula is C46H52Cl2O14. The minimum absolute atomic E-state index is 0.00978. The number of halogens is 2. The molecule has 0 bridgehead atoms. The van der Waals surface area contributed by atoms with Gasteiger partial charge in [-0.3, -0.25) is 0 Å². The first-order chi connectivity index (χ1) is 29.9. The van der Waals surface area contributed by atoms with Crippen LogP contribution in [0.3, 0.4) is 0 Å². The van der Waals surface area contributed by atoms with Gasteiger partial charge in [0.25, 0.3) is 0 Å². The highest BCUT2D eigenvalue weighted by Crippen LogP contribution is 2.43. The van der Waals surface area contributed by atoms with Gasteiger partial charge < -0.3 is 68.9 Å². The van der Waals surface area contributed by atoms with Crippen molar-refractivity contribution < 1.29 is 68.9 Å². The number of hydrogen-bond acceptors (Lipinski definition) is 14. The van der Waals surface area contributed by atoms with Crippen molar-refractivity contribution in [2.24, 2.45) is 0 Å². The van der Waals surface area contributed by atoms with Crippen LogP contribution in [0.15, 0.2) is 84.9 Å². The zero-order chi connectivity index (χ0) is 43.5. The van der Waals surface area contributed by atoms with E-state index in [1.54, 1.807) is 30.3 Å². The molecule has 8 rings (SSSR count). The molecule has 4 aliphatic rings. The third-order valence-electron chi connectivity index (χ3n) is 12.0. The summed E-state index contributed by atoms with van der Waals surface area (Å²) < 4.78 is 41.6. The highest BCUT2D eigenvalue weighted by atomic mass is 35.5. The van der Waals surface area contributed by atoms with Crippen LogP contribution in [0, 0.1) is 0 Å². The molecule has 4 heterocycles. The van der Waals surface area contributed by atoms with Crippen molar-refractivity contribution in [1.29, 1.82) is 0 Å². The van der Waals surface area contributed by atoms with E-state index < -0.39 is 73.9 Å². The molecule has 0 aliphatic carbocycles. The van der Waals surface area contributed by atoms with Gasteiger partial charge in [0.15, 0.2) is 0 Å². The van der Waals surface area contributed by atoms with Gasteiger partial charge in [0.05, 0.1) is 39.6 Å². The number of aliphatic hydroxyl groups excluding tert-OH is 7. The topological polar surface area (TPSA) is 206 Å². The molecule has 4 aromatic carbocycles. The Kier molecular flexibility index (Phi) is 14.4. The maximum absolute atomic E-state index is 11.7. The molecular weight excluding hydrogens is 847 g/mol. The average Bonchev–Trinajstić information content (AvgIpc) is 4.01. The van der Waals surface area contributed by atoms with E-state index >= 15 is 0 Å². The summed E-state index contributed by atoms with van der Waals surface area (Å²) in [5.41, 5.74) is 3.77. The molecule has 334 valence electrons. The molecule has 4 aliphatic heterocycles. The molecule has 0 saturated carbocycles. The third-order valence-corrected chi connectivity index (χ3v) is 12.7. The summed E-state index contributed by atoms with van der Waals surface area (Å²) >= 11 is 13.4. The first kappa shape index (κ1) is 45.2. The molecule has 0 aromatic heterocycles. The van der Waals surface area contributed by atoms with Crippen molar-refractivity contribution in [3.05, 3.63) is 128 Å². The van der Waals surface area contributed by atoms with E-state index in [9.17, 15) is 35.7 Å². The van der Waals surface area contributed by atoms with Crippen LogP contribution in [0.25, 0.3) is 0 Å². The molecule has 4 aromatic rings. The minimum atomic E-state index is -2.26. The summed E-state index contributed by atoms with van der Waals surface area (Å²) in [4.78, 5) is 0. The van der Waals surface area contributed by atoms with Crippen molar-refractivity contribution in [3.63, 3.8) is 0 Å². The van der Waals surface area contributed by atoms with Gasteiger partial charge in [0.1, 0.15) is 78.6 Å². The summed E-state index contributed by atoms with van der Waals surface area (Å²) in [6, 6.07) is 25.0. The minimum Gasteiger partial charge on any atom is -0.488 e. The highest BCUT2D eigenvalue weighted by molar-refractivity contribution is 6.31. The Bertz CT molecular complexity index is 2090. The van der Waals surface area contributed by atoms with Crippen molar-refractivity contribution >= 4 is 23.2 Å². The van der Waals surface area contributed by atoms with E-state index in [4.69, 9.17) is 56.4 Å². The van der Waals surface area contributed by atoms with Crippen molar-refractivity contribution in [1.82, 2.24) is 0 Å². The first-order valence-corrected chi connectivity index (χ1v) is 21.6. The van der Waals surface area contributed by atoms with Gasteiger partial charge in [-0.15, -0.1) is 0 Å². The van der Waals surface area contributed by atoms with Crippen molar-refractivity contribution in [2.45, 2.75) is 98.6 Å². The lowest BCUT2D eigenvalue weighted by Crippen LogP contribution is -2.65. The Hall–Kier alpha value is -3.42. The van der Waals surface area contributed by atoms with E-state index in [1.165, 1.54) is 6.07 Å². The molecule has 4 fully saturated rings. The molecule has 4 saturated heterocycles. The molecule has 0 spiro atoms. The summed E-state index contributed by atoms with van der Waals surface area (Å²) in [6.07, 6.45) is -11.9. The van der Waals surface area contributed by atoms with Crippen LogP contribution in [0.4, 0.5) is 0 Å². The average molecular weight is 900 g/mol. The van der Waals surface area contributed by atoms with Crippen molar-refractivity contribution in [2.75, 3.05) is 39.6 Å². The van der Waals surface area contributed by atoms with Gasteiger partial charge >= 0.3 is 0 Å². The monoisotopic (exact) mass is 898 g/mol. The molecule has 16 heteroatoms. The van der Waals surface area contributed by atoms with Gasteiger partial charge in [0, 0.05) is 28.5 Å². The maximum Gasteiger partial charge on any atom is 0.225 e. The second-order valence-corrected chi connectivity index (χ2v) is 17.1. The molecule has 14 nitrogen and oxygen atoms in total. The molecule has 0 amide bonds. The van der Waals surface area contributed by atoms with Crippen molar-refractivity contribution in [3.8, 4) is 11.5 Å². The zero-order valence-corrected chi connectivity index (χ0v) is 35.3. The van der Waals surface area contributed by atoms with Gasteiger partial charge in [-0.25, -0.2) is 0 Å². The van der Waals surface area contributed by atoms with Gasteiger partial charge in [-0.05, 0) is 83.1 Å². The molecule has 1 unspecified atom stereocenters. The second kappa shape index (κ2) is 19.8. The van der Waals surface area contributed by atoms with Crippen LogP contribution in [-0.2, 0) is 42.3 Å². The number of hydrogen-bond donors (Lipinski definition) is 7. The molecule has 0 radical (unpaired) electrons. The number of benzene rings is 4. The lowest BCUT2D eigenvalue weighted by Gasteiger charge is -2.49. The Balaban J connectivity index is 1.02. The highest BCUT2D eigenvalue weighted by Gasteiger charge is 2.57. The fraction of sp³-hybridized carbons (Fsp3) is 0.478. The van der Waals surface area contributed by atoms with Gasteiger partial charge in [-0.1, -0.05) is 65.7 Å². The summed E-state index contributed by atoms with van der Waals surface area (Å²) in [6.45, 7) is 1.11. The van der Waals surface area contributed by atoms with E-state index in [2.05, 4.69) is 0 Å². The summed E-state index contributed by atoms with van der Waals surface area (Å²) in [5, 5.41) is 78.3. The van der Waals surface area contributed by atoms with Crippen LogP contribution in [0.1, 0.15) is 52.3 Å². The lowest BCUT2D eigenvalue weighted by molar-refractivity contribution is -0.381. The fourth-order valence-corrected chi connectivity index (χ4v) is 8.76. The van der Waals surface area contributed by atoms with Gasteiger partial charge in [0.2, 0.25) is 5.79 Å². The Morgan fingerprint density at radius 1 is 0.613 bits per heavy atom. The Morgan fingerprint density at radius 2 is 1.16 bits per heavy atom. The second-order valence-electron chi connectivity index (χ2n) is 16.3. The maximum atomic E-state index is 11.7. The van der Waals surface area contributed by atoms with Crippen LogP contribution >= 0.6 is 23.2 Å². The summed E-state index contributed by atoms with van der Waals surface area (Å²) in [7, 11) is 0. The zero-order valence-electron chi connectivity index (χ0n) is 33.7. The van der Waals surface area contributed by atoms with Gasteiger partial charge in [-0.2, -0.15) is 0 Å². The summed E-state index contributed by atoms with van der Waals surface area (Å²) in [5.74, 6) is -0.831. The quantitative estimate of drug-likeness (QED) is 0.0970. The normalized spacial score (nSPS) is 32.5.